The smallest absolute Gasteiger partial charge is 0.335 e. The molecule has 53 heavy (non-hydrogen) atoms. The van der Waals surface area contributed by atoms with E-state index in [-0.39, 0.29) is 56.8 Å². The fourth-order valence-electron chi connectivity index (χ4n) is 3.49. The lowest BCUT2D eigenvalue weighted by molar-refractivity contribution is -0.198. The van der Waals surface area contributed by atoms with Crippen molar-refractivity contribution in [1.29, 1.82) is 0 Å². The largest absolute Gasteiger partial charge is 0.481 e. The predicted molar refractivity (Wildman–Crippen MR) is 177 cm³/mol. The maximum Gasteiger partial charge on any atom is 0.335 e. The molecule has 4 amide bonds. The van der Waals surface area contributed by atoms with E-state index in [2.05, 4.69) is 0 Å². The van der Waals surface area contributed by atoms with E-state index < -0.39 is 35.6 Å². The third-order valence-corrected chi connectivity index (χ3v) is 6.23. The Kier molecular flexibility index (Phi) is 33.6. The molecule has 0 aromatic rings. The van der Waals surface area contributed by atoms with Crippen LogP contribution in [0.5, 0.6) is 0 Å². The number of carbonyl (C=O) groups is 6. The van der Waals surface area contributed by atoms with Crippen molar-refractivity contribution in [2.24, 2.45) is 0 Å². The van der Waals surface area contributed by atoms with Crippen molar-refractivity contribution in [3.05, 3.63) is 0 Å². The quantitative estimate of drug-likeness (QED) is 0.0507. The summed E-state index contributed by atoms with van der Waals surface area (Å²) in [5.41, 5.74) is 0. The highest BCUT2D eigenvalue weighted by molar-refractivity contribution is 6.01. The minimum absolute atomic E-state index is 0.0200. The summed E-state index contributed by atoms with van der Waals surface area (Å²) in [7, 11) is 3.24. The van der Waals surface area contributed by atoms with Gasteiger partial charge < -0.3 is 57.3 Å². The van der Waals surface area contributed by atoms with Gasteiger partial charge in [0.25, 0.3) is 23.6 Å². The van der Waals surface area contributed by atoms with E-state index in [0.29, 0.717) is 111 Å². The van der Waals surface area contributed by atoms with Gasteiger partial charge in [-0.3, -0.25) is 29.2 Å². The lowest BCUT2D eigenvalue weighted by atomic mass is 10.4. The van der Waals surface area contributed by atoms with Crippen LogP contribution in [-0.2, 0) is 81.0 Å². The van der Waals surface area contributed by atoms with Crippen LogP contribution < -0.4 is 0 Å². The van der Waals surface area contributed by atoms with Crippen LogP contribution >= 0.6 is 0 Å². The molecule has 0 unspecified atom stereocenters. The van der Waals surface area contributed by atoms with E-state index >= 15 is 0 Å². The first-order valence-corrected chi connectivity index (χ1v) is 17.1. The third kappa shape index (κ3) is 30.9. The Morgan fingerprint density at radius 2 is 0.755 bits per heavy atom. The zero-order chi connectivity index (χ0) is 39.4. The molecular weight excluding hydrogens is 716 g/mol. The highest BCUT2D eigenvalue weighted by Gasteiger charge is 2.32. The van der Waals surface area contributed by atoms with Crippen molar-refractivity contribution in [2.45, 2.75) is 38.5 Å². The second-order valence-electron chi connectivity index (χ2n) is 10.4. The number of hydroxylamine groups is 4. The highest BCUT2D eigenvalue weighted by Crippen LogP contribution is 2.12. The van der Waals surface area contributed by atoms with Gasteiger partial charge in [-0.05, 0) is 0 Å². The van der Waals surface area contributed by atoms with Crippen LogP contribution in [0.25, 0.3) is 0 Å². The van der Waals surface area contributed by atoms with Crippen molar-refractivity contribution in [3.8, 4) is 0 Å². The van der Waals surface area contributed by atoms with Gasteiger partial charge in [-0.2, -0.15) is 5.06 Å². The molecule has 2 rings (SSSR count). The van der Waals surface area contributed by atoms with Crippen LogP contribution in [0, 0.1) is 0 Å². The summed E-state index contributed by atoms with van der Waals surface area (Å²) in [6.45, 7) is 8.08. The van der Waals surface area contributed by atoms with Crippen molar-refractivity contribution in [3.63, 3.8) is 0 Å². The maximum absolute atomic E-state index is 11.5. The number of carbonyl (C=O) groups excluding carboxylic acids is 5. The van der Waals surface area contributed by atoms with Gasteiger partial charge >= 0.3 is 11.9 Å². The van der Waals surface area contributed by atoms with E-state index in [1.54, 1.807) is 14.2 Å². The van der Waals surface area contributed by atoms with Crippen LogP contribution in [0.1, 0.15) is 38.5 Å². The molecular formula is C32H56N2O19. The van der Waals surface area contributed by atoms with Gasteiger partial charge in [0.1, 0.15) is 0 Å². The number of carboxylic acids is 1. The van der Waals surface area contributed by atoms with E-state index in [9.17, 15) is 28.8 Å². The fraction of sp³-hybridized carbons (Fsp3) is 0.812. The topological polar surface area (TPSA) is 251 Å². The summed E-state index contributed by atoms with van der Waals surface area (Å²) in [5, 5.41) is 17.4. The Labute approximate surface area is 308 Å². The number of aliphatic carboxylic acids is 1. The summed E-state index contributed by atoms with van der Waals surface area (Å²) in [6, 6.07) is 0. The monoisotopic (exact) mass is 772 g/mol. The molecule has 0 spiro atoms. The lowest BCUT2D eigenvalue weighted by Crippen LogP contribution is -2.32. The SMILES string of the molecule is COCCOCCOCCOCCOCCC(=O)O.COCCOCCOCCOCCOCCC(=O)ON1C(=O)CCC1=O.O=C1CCC(=O)N1O. The van der Waals surface area contributed by atoms with Gasteiger partial charge in [0.2, 0.25) is 0 Å². The highest BCUT2D eigenvalue weighted by atomic mass is 16.7. The van der Waals surface area contributed by atoms with Crippen LogP contribution in [0.3, 0.4) is 0 Å². The molecule has 2 fully saturated rings. The molecule has 21 heteroatoms. The van der Waals surface area contributed by atoms with Gasteiger partial charge in [0.15, 0.2) is 0 Å². The van der Waals surface area contributed by atoms with Crippen molar-refractivity contribution >= 4 is 35.6 Å². The third-order valence-electron chi connectivity index (χ3n) is 6.23. The first-order valence-electron chi connectivity index (χ1n) is 17.1. The number of carboxylic acid groups (broad SMARTS) is 1. The summed E-state index contributed by atoms with van der Waals surface area (Å²) >= 11 is 0. The minimum atomic E-state index is -0.859. The van der Waals surface area contributed by atoms with E-state index in [4.69, 9.17) is 62.5 Å². The van der Waals surface area contributed by atoms with Gasteiger partial charge in [-0.15, -0.1) is 5.06 Å². The molecule has 2 saturated heterocycles. The van der Waals surface area contributed by atoms with E-state index in [0.717, 1.165) is 0 Å². The number of ether oxygens (including phenoxy) is 10. The van der Waals surface area contributed by atoms with Gasteiger partial charge in [-0.25, -0.2) is 4.79 Å². The first-order chi connectivity index (χ1) is 25.6. The standard InChI is InChI=1S/C16H27NO9.C12H24O7.C4H5NO3/c1-21-6-7-23-10-11-25-13-12-24-9-8-22-5-4-16(20)26-17-14(18)2-3-15(17)19;1-15-4-5-17-8-9-19-11-10-18-7-6-16-3-2-12(13)14;6-3-1-2-4(7)5(3)8/h2-13H2,1H3;2-11H2,1H3,(H,13,14);8H,1-2H2. The average molecular weight is 773 g/mol. The normalized spacial score (nSPS) is 13.9. The number of nitrogens with zero attached hydrogens (tertiary/aromatic N) is 2. The lowest BCUT2D eigenvalue weighted by Gasteiger charge is -2.12. The van der Waals surface area contributed by atoms with Crippen LogP contribution in [0.2, 0.25) is 0 Å². The number of rotatable bonds is 31. The first kappa shape index (κ1) is 49.8. The number of hydrogen-bond acceptors (Lipinski definition) is 18. The molecule has 0 saturated carbocycles. The van der Waals surface area contributed by atoms with Crippen LogP contribution in [0.4, 0.5) is 0 Å². The van der Waals surface area contributed by atoms with Crippen LogP contribution in [0.15, 0.2) is 0 Å². The fourth-order valence-corrected chi connectivity index (χ4v) is 3.49. The molecule has 2 aliphatic rings. The Hall–Kier alpha value is -3.22. The molecule has 2 aliphatic heterocycles. The van der Waals surface area contributed by atoms with Crippen LogP contribution in [-0.4, -0.2) is 189 Å². The molecule has 2 N–H and O–H groups in total. The number of methoxy groups -OCH3 is 2. The zero-order valence-corrected chi connectivity index (χ0v) is 30.7. The molecule has 21 nitrogen and oxygen atoms in total. The molecule has 308 valence electrons. The Balaban J connectivity index is 0.000000868. The van der Waals surface area contributed by atoms with Gasteiger partial charge in [-0.1, -0.05) is 0 Å². The second-order valence-corrected chi connectivity index (χ2v) is 10.4. The van der Waals surface area contributed by atoms with Crippen molar-refractivity contribution in [2.75, 3.05) is 133 Å². The van der Waals surface area contributed by atoms with E-state index in [1.807, 2.05) is 0 Å². The molecule has 0 radical (unpaired) electrons. The Morgan fingerprint density at radius 1 is 0.472 bits per heavy atom. The second kappa shape index (κ2) is 35.8. The molecule has 0 bridgehead atoms. The van der Waals surface area contributed by atoms with Crippen molar-refractivity contribution < 1.29 is 91.3 Å². The summed E-state index contributed by atoms with van der Waals surface area (Å²) in [4.78, 5) is 69.4. The molecule has 0 aromatic carbocycles. The number of amides is 4. The van der Waals surface area contributed by atoms with Gasteiger partial charge in [0, 0.05) is 39.9 Å². The molecule has 0 aliphatic carbocycles. The zero-order valence-electron chi connectivity index (χ0n) is 30.7. The average Bonchev–Trinajstić information content (AvgIpc) is 3.61. The number of hydrogen-bond donors (Lipinski definition) is 2. The Bertz CT molecular complexity index is 970. The minimum Gasteiger partial charge on any atom is -0.481 e. The van der Waals surface area contributed by atoms with Crippen molar-refractivity contribution in [1.82, 2.24) is 10.1 Å². The molecule has 2 heterocycles. The maximum atomic E-state index is 11.5. The number of imide groups is 2. The van der Waals surface area contributed by atoms with Gasteiger partial charge in [0.05, 0.1) is 132 Å². The summed E-state index contributed by atoms with van der Waals surface area (Å²) in [6.07, 6.45) is 0.412. The Morgan fingerprint density at radius 3 is 1.04 bits per heavy atom. The van der Waals surface area contributed by atoms with E-state index in [1.165, 1.54) is 0 Å². The molecule has 0 atom stereocenters. The summed E-state index contributed by atoms with van der Waals surface area (Å²) in [5.74, 6) is -3.55. The molecule has 0 aromatic heterocycles. The predicted octanol–water partition coefficient (Wildman–Crippen LogP) is -0.605. The summed E-state index contributed by atoms with van der Waals surface area (Å²) < 4.78 is 51.5.